The van der Waals surface area contributed by atoms with Crippen molar-refractivity contribution in [2.75, 3.05) is 25.1 Å². The van der Waals surface area contributed by atoms with Crippen molar-refractivity contribution in [2.45, 2.75) is 18.6 Å². The molecule has 144 valence electrons. The molecule has 1 saturated heterocycles. The molecule has 9 heteroatoms. The number of halogens is 4. The fourth-order valence-electron chi connectivity index (χ4n) is 2.95. The van der Waals surface area contributed by atoms with Gasteiger partial charge >= 0.3 is 6.18 Å². The van der Waals surface area contributed by atoms with Gasteiger partial charge < -0.3 is 15.0 Å². The lowest BCUT2D eigenvalue weighted by molar-refractivity contribution is -0.137. The molecule has 1 aliphatic heterocycles. The molecule has 2 heterocycles. The van der Waals surface area contributed by atoms with Gasteiger partial charge in [-0.25, -0.2) is 4.98 Å². The van der Waals surface area contributed by atoms with Gasteiger partial charge in [0.05, 0.1) is 18.2 Å². The van der Waals surface area contributed by atoms with Gasteiger partial charge in [-0.05, 0) is 36.8 Å². The van der Waals surface area contributed by atoms with Crippen molar-refractivity contribution < 1.29 is 22.7 Å². The maximum atomic E-state index is 12.6. The Morgan fingerprint density at radius 2 is 2.11 bits per heavy atom. The highest BCUT2D eigenvalue weighted by molar-refractivity contribution is 6.31. The fraction of sp³-hybridized carbons (Fsp3) is 0.333. The summed E-state index contributed by atoms with van der Waals surface area (Å²) in [5.74, 6) is 0.540. The predicted octanol–water partition coefficient (Wildman–Crippen LogP) is 3.77. The first kappa shape index (κ1) is 19.3. The van der Waals surface area contributed by atoms with E-state index >= 15 is 0 Å². The van der Waals surface area contributed by atoms with Crippen molar-refractivity contribution in [3.05, 3.63) is 52.7 Å². The van der Waals surface area contributed by atoms with Gasteiger partial charge in [0.2, 0.25) is 0 Å². The van der Waals surface area contributed by atoms with E-state index in [1.165, 1.54) is 19.2 Å². The molecule has 0 aliphatic carbocycles. The highest BCUT2D eigenvalue weighted by Crippen LogP contribution is 2.30. The van der Waals surface area contributed by atoms with Crippen LogP contribution in [0.25, 0.3) is 0 Å². The topological polar surface area (TPSA) is 54.5 Å². The van der Waals surface area contributed by atoms with Gasteiger partial charge in [-0.2, -0.15) is 13.2 Å². The third-order valence-corrected chi connectivity index (χ3v) is 4.56. The van der Waals surface area contributed by atoms with Crippen LogP contribution in [0.3, 0.4) is 0 Å². The molecule has 1 aromatic heterocycles. The van der Waals surface area contributed by atoms with E-state index in [0.717, 1.165) is 12.3 Å². The Labute approximate surface area is 159 Å². The normalized spacial score (nSPS) is 17.1. The van der Waals surface area contributed by atoms with Gasteiger partial charge in [-0.15, -0.1) is 0 Å². The van der Waals surface area contributed by atoms with E-state index in [2.05, 4.69) is 10.3 Å². The molecule has 0 spiro atoms. The van der Waals surface area contributed by atoms with Gasteiger partial charge in [0.1, 0.15) is 11.6 Å². The standard InChI is InChI=1S/C18H17ClF3N3O2/c1-27-15-4-3-12(19)8-14(15)17(26)24-13-6-7-25(10-13)16-5-2-11(9-23-16)18(20,21)22/h2-5,8-9,13H,6-7,10H2,1H3,(H,24,26). The zero-order chi connectivity index (χ0) is 19.6. The molecule has 0 bridgehead atoms. The van der Waals surface area contributed by atoms with E-state index in [9.17, 15) is 18.0 Å². The molecule has 5 nitrogen and oxygen atoms in total. The van der Waals surface area contributed by atoms with E-state index in [0.29, 0.717) is 41.7 Å². The number of hydrogen-bond donors (Lipinski definition) is 1. The Kier molecular flexibility index (Phi) is 5.46. The highest BCUT2D eigenvalue weighted by Gasteiger charge is 2.31. The summed E-state index contributed by atoms with van der Waals surface area (Å²) in [6, 6.07) is 6.96. The number of hydrogen-bond acceptors (Lipinski definition) is 4. The monoisotopic (exact) mass is 399 g/mol. The maximum absolute atomic E-state index is 12.6. The number of alkyl halides is 3. The van der Waals surface area contributed by atoms with Gasteiger partial charge in [-0.3, -0.25) is 4.79 Å². The van der Waals surface area contributed by atoms with Crippen LogP contribution in [0.1, 0.15) is 22.3 Å². The van der Waals surface area contributed by atoms with E-state index in [1.54, 1.807) is 12.1 Å². The van der Waals surface area contributed by atoms with Crippen LogP contribution in [-0.4, -0.2) is 37.1 Å². The Hall–Kier alpha value is -2.48. The summed E-state index contributed by atoms with van der Waals surface area (Å²) >= 11 is 5.95. The first-order valence-corrected chi connectivity index (χ1v) is 8.58. The number of amides is 1. The molecule has 1 atom stereocenters. The minimum Gasteiger partial charge on any atom is -0.496 e. The first-order valence-electron chi connectivity index (χ1n) is 8.20. The molecular weight excluding hydrogens is 383 g/mol. The molecular formula is C18H17ClF3N3O2. The number of aromatic nitrogens is 1. The Morgan fingerprint density at radius 1 is 1.33 bits per heavy atom. The predicted molar refractivity (Wildman–Crippen MR) is 95.3 cm³/mol. The second kappa shape index (κ2) is 7.64. The van der Waals surface area contributed by atoms with Crippen LogP contribution in [-0.2, 0) is 6.18 Å². The lowest BCUT2D eigenvalue weighted by Gasteiger charge is -2.19. The molecule has 3 rings (SSSR count). The Bertz CT molecular complexity index is 828. The van der Waals surface area contributed by atoms with Crippen molar-refractivity contribution in [3.8, 4) is 5.75 Å². The van der Waals surface area contributed by atoms with Crippen molar-refractivity contribution in [3.63, 3.8) is 0 Å². The van der Waals surface area contributed by atoms with Crippen molar-refractivity contribution in [2.24, 2.45) is 0 Å². The molecule has 1 amide bonds. The Balaban J connectivity index is 1.65. The van der Waals surface area contributed by atoms with Crippen LogP contribution >= 0.6 is 11.6 Å². The number of benzene rings is 1. The molecule has 1 aromatic carbocycles. The SMILES string of the molecule is COc1ccc(Cl)cc1C(=O)NC1CCN(c2ccc(C(F)(F)F)cn2)C1. The van der Waals surface area contributed by atoms with Gasteiger partial charge in [0.25, 0.3) is 5.91 Å². The Morgan fingerprint density at radius 3 is 2.74 bits per heavy atom. The van der Waals surface area contributed by atoms with Crippen LogP contribution < -0.4 is 15.0 Å². The van der Waals surface area contributed by atoms with Crippen LogP contribution in [0.5, 0.6) is 5.75 Å². The minimum absolute atomic E-state index is 0.162. The first-order chi connectivity index (χ1) is 12.8. The lowest BCUT2D eigenvalue weighted by Crippen LogP contribution is -2.37. The quantitative estimate of drug-likeness (QED) is 0.850. The van der Waals surface area contributed by atoms with Crippen LogP contribution in [0.15, 0.2) is 36.5 Å². The van der Waals surface area contributed by atoms with E-state index in [4.69, 9.17) is 16.3 Å². The maximum Gasteiger partial charge on any atom is 0.417 e. The molecule has 1 unspecified atom stereocenters. The number of methoxy groups -OCH3 is 1. The largest absolute Gasteiger partial charge is 0.496 e. The van der Waals surface area contributed by atoms with Crippen LogP contribution in [0.2, 0.25) is 5.02 Å². The summed E-state index contributed by atoms with van der Waals surface area (Å²) in [6.07, 6.45) is -2.95. The summed E-state index contributed by atoms with van der Waals surface area (Å²) in [4.78, 5) is 18.2. The summed E-state index contributed by atoms with van der Waals surface area (Å²) in [5.41, 5.74) is -0.459. The average molecular weight is 400 g/mol. The molecule has 2 aromatic rings. The van der Waals surface area contributed by atoms with Crippen LogP contribution in [0.4, 0.5) is 19.0 Å². The number of anilines is 1. The molecule has 1 aliphatic rings. The number of nitrogens with one attached hydrogen (secondary N) is 1. The third-order valence-electron chi connectivity index (χ3n) is 4.33. The van der Waals surface area contributed by atoms with Crippen molar-refractivity contribution in [1.82, 2.24) is 10.3 Å². The second-order valence-electron chi connectivity index (χ2n) is 6.15. The van der Waals surface area contributed by atoms with Gasteiger partial charge in [0.15, 0.2) is 0 Å². The summed E-state index contributed by atoms with van der Waals surface area (Å²) in [5, 5.41) is 3.32. The molecule has 1 N–H and O–H groups in total. The fourth-order valence-corrected chi connectivity index (χ4v) is 3.12. The lowest BCUT2D eigenvalue weighted by atomic mass is 10.1. The third kappa shape index (κ3) is 4.44. The molecule has 0 saturated carbocycles. The second-order valence-corrected chi connectivity index (χ2v) is 6.59. The average Bonchev–Trinajstić information content (AvgIpc) is 3.09. The number of pyridine rings is 1. The molecule has 1 fully saturated rings. The summed E-state index contributed by atoms with van der Waals surface area (Å²) < 4.78 is 43.1. The number of carbonyl (C=O) groups is 1. The number of nitrogens with zero attached hydrogens (tertiary/aromatic N) is 2. The van der Waals surface area contributed by atoms with Crippen molar-refractivity contribution in [1.29, 1.82) is 0 Å². The van der Waals surface area contributed by atoms with Gasteiger partial charge in [0, 0.05) is 30.4 Å². The van der Waals surface area contributed by atoms with E-state index in [1.807, 2.05) is 4.90 Å². The number of rotatable bonds is 4. The van der Waals surface area contributed by atoms with Gasteiger partial charge in [-0.1, -0.05) is 11.6 Å². The number of ether oxygens (including phenoxy) is 1. The molecule has 0 radical (unpaired) electrons. The van der Waals surface area contributed by atoms with E-state index < -0.39 is 11.7 Å². The van der Waals surface area contributed by atoms with Crippen LogP contribution in [0, 0.1) is 0 Å². The zero-order valence-corrected chi connectivity index (χ0v) is 15.1. The zero-order valence-electron chi connectivity index (χ0n) is 14.4. The summed E-state index contributed by atoms with van der Waals surface area (Å²) in [6.45, 7) is 1.03. The smallest absolute Gasteiger partial charge is 0.417 e. The highest BCUT2D eigenvalue weighted by atomic mass is 35.5. The minimum atomic E-state index is -4.41. The number of carbonyl (C=O) groups excluding carboxylic acids is 1. The van der Waals surface area contributed by atoms with E-state index in [-0.39, 0.29) is 11.9 Å². The van der Waals surface area contributed by atoms with Crippen molar-refractivity contribution >= 4 is 23.3 Å². The molecule has 27 heavy (non-hydrogen) atoms. The summed E-state index contributed by atoms with van der Waals surface area (Å²) in [7, 11) is 1.47.